The molecule has 0 radical (unpaired) electrons. The molecule has 1 aromatic carbocycles. The number of rotatable bonds is 7. The van der Waals surface area contributed by atoms with Gasteiger partial charge in [0, 0.05) is 30.9 Å². The first-order chi connectivity index (χ1) is 12.6. The lowest BCUT2D eigenvalue weighted by Crippen LogP contribution is -2.41. The van der Waals surface area contributed by atoms with Gasteiger partial charge >= 0.3 is 6.55 Å². The molecule has 0 aliphatic heterocycles. The van der Waals surface area contributed by atoms with Gasteiger partial charge in [-0.3, -0.25) is 4.57 Å². The van der Waals surface area contributed by atoms with Crippen LogP contribution in [0.4, 0.5) is 13.2 Å². The van der Waals surface area contributed by atoms with Crippen LogP contribution in [-0.2, 0) is 12.0 Å². The lowest BCUT2D eigenvalue weighted by molar-refractivity contribution is 0.0671. The number of nitrogens with zero attached hydrogens (tertiary/aromatic N) is 3. The molecule has 148 valence electrons. The van der Waals surface area contributed by atoms with Crippen LogP contribution in [0.3, 0.4) is 0 Å². The minimum atomic E-state index is -2.64. The van der Waals surface area contributed by atoms with E-state index in [-0.39, 0.29) is 47.6 Å². The third-order valence-electron chi connectivity index (χ3n) is 4.57. The van der Waals surface area contributed by atoms with Gasteiger partial charge in [0.2, 0.25) is 0 Å². The molecule has 3 rings (SSSR count). The molecule has 1 heterocycles. The summed E-state index contributed by atoms with van der Waals surface area (Å²) in [6.07, 6.45) is 4.36. The van der Waals surface area contributed by atoms with Crippen LogP contribution in [0, 0.1) is 5.82 Å². The van der Waals surface area contributed by atoms with Crippen molar-refractivity contribution in [2.45, 2.75) is 38.3 Å². The van der Waals surface area contributed by atoms with E-state index in [0.29, 0.717) is 24.6 Å². The van der Waals surface area contributed by atoms with Crippen molar-refractivity contribution >= 4 is 29.9 Å². The van der Waals surface area contributed by atoms with Gasteiger partial charge in [-0.15, -0.1) is 24.0 Å². The number of aliphatic imine (C=N–C) groups is 1. The second kappa shape index (κ2) is 9.43. The van der Waals surface area contributed by atoms with Gasteiger partial charge in [0.15, 0.2) is 5.96 Å². The van der Waals surface area contributed by atoms with Crippen molar-refractivity contribution in [3.05, 3.63) is 53.9 Å². The highest BCUT2D eigenvalue weighted by Crippen LogP contribution is 2.48. The van der Waals surface area contributed by atoms with E-state index < -0.39 is 6.55 Å². The van der Waals surface area contributed by atoms with E-state index in [2.05, 4.69) is 20.6 Å². The van der Waals surface area contributed by atoms with E-state index in [4.69, 9.17) is 0 Å². The molecule has 0 unspecified atom stereocenters. The zero-order valence-corrected chi connectivity index (χ0v) is 17.3. The van der Waals surface area contributed by atoms with Gasteiger partial charge < -0.3 is 10.6 Å². The smallest absolute Gasteiger partial charge is 0.319 e. The van der Waals surface area contributed by atoms with Crippen molar-refractivity contribution in [3.63, 3.8) is 0 Å². The molecule has 1 fully saturated rings. The second-order valence-corrected chi connectivity index (χ2v) is 6.34. The van der Waals surface area contributed by atoms with Crippen LogP contribution in [-0.4, -0.2) is 28.6 Å². The van der Waals surface area contributed by atoms with Crippen LogP contribution in [0.5, 0.6) is 0 Å². The molecule has 2 N–H and O–H groups in total. The predicted molar refractivity (Wildman–Crippen MR) is 109 cm³/mol. The van der Waals surface area contributed by atoms with Crippen molar-refractivity contribution < 1.29 is 13.2 Å². The fourth-order valence-corrected chi connectivity index (χ4v) is 2.97. The Bertz CT molecular complexity index is 774. The lowest BCUT2D eigenvalue weighted by atomic mass is 9.95. The summed E-state index contributed by atoms with van der Waals surface area (Å²) in [6.45, 7) is 0.458. The van der Waals surface area contributed by atoms with Crippen LogP contribution in [0.15, 0.2) is 41.7 Å². The Hall–Kier alpha value is -1.78. The third kappa shape index (κ3) is 5.14. The number of nitrogens with one attached hydrogen (secondary N) is 2. The quantitative estimate of drug-likeness (QED) is 0.351. The molecular weight excluding hydrogens is 470 g/mol. The van der Waals surface area contributed by atoms with Crippen LogP contribution in [0.1, 0.15) is 37.7 Å². The molecule has 0 bridgehead atoms. The van der Waals surface area contributed by atoms with Crippen LogP contribution in [0.25, 0.3) is 0 Å². The second-order valence-electron chi connectivity index (χ2n) is 6.34. The van der Waals surface area contributed by atoms with Crippen molar-refractivity contribution in [1.29, 1.82) is 0 Å². The molecule has 5 nitrogen and oxygen atoms in total. The molecular formula is C18H23F3IN5. The van der Waals surface area contributed by atoms with Gasteiger partial charge in [-0.1, -0.05) is 18.2 Å². The number of guanidine groups is 1. The standard InChI is InChI=1S/C18H22F3N5.HI/c1-2-22-17(24-11-15-23-9-10-26(15)16(20)21)25-12-18(7-8-18)13-5-3-4-6-14(13)19;/h3-6,9-10,16H,2,7-8,11-12H2,1H3,(H2,22,24,25);1H. The van der Waals surface area contributed by atoms with Crippen molar-refractivity contribution in [2.24, 2.45) is 4.99 Å². The molecule has 1 aromatic heterocycles. The number of halogens is 4. The summed E-state index contributed by atoms with van der Waals surface area (Å²) in [6, 6.07) is 6.80. The molecule has 1 aliphatic carbocycles. The zero-order chi connectivity index (χ0) is 18.6. The number of aromatic nitrogens is 2. The topological polar surface area (TPSA) is 54.2 Å². The average molecular weight is 493 g/mol. The van der Waals surface area contributed by atoms with Crippen molar-refractivity contribution in [3.8, 4) is 0 Å². The fourth-order valence-electron chi connectivity index (χ4n) is 2.97. The molecule has 2 aromatic rings. The number of imidazole rings is 1. The van der Waals surface area contributed by atoms with E-state index in [9.17, 15) is 13.2 Å². The van der Waals surface area contributed by atoms with Crippen LogP contribution < -0.4 is 10.6 Å². The Balaban J connectivity index is 0.00000261. The van der Waals surface area contributed by atoms with E-state index in [0.717, 1.165) is 17.4 Å². The minimum Gasteiger partial charge on any atom is -0.357 e. The third-order valence-corrected chi connectivity index (χ3v) is 4.57. The average Bonchev–Trinajstić information content (AvgIpc) is 3.25. The Morgan fingerprint density at radius 1 is 1.30 bits per heavy atom. The van der Waals surface area contributed by atoms with Gasteiger partial charge in [-0.05, 0) is 31.4 Å². The Labute approximate surface area is 173 Å². The van der Waals surface area contributed by atoms with E-state index in [1.807, 2.05) is 19.1 Å². The van der Waals surface area contributed by atoms with Crippen molar-refractivity contribution in [2.75, 3.05) is 13.1 Å². The highest BCUT2D eigenvalue weighted by atomic mass is 127. The summed E-state index contributed by atoms with van der Waals surface area (Å²) in [5.41, 5.74) is 0.472. The summed E-state index contributed by atoms with van der Waals surface area (Å²) in [5, 5.41) is 6.29. The van der Waals surface area contributed by atoms with Crippen LogP contribution >= 0.6 is 24.0 Å². The number of benzene rings is 1. The molecule has 1 saturated carbocycles. The molecule has 27 heavy (non-hydrogen) atoms. The monoisotopic (exact) mass is 493 g/mol. The minimum absolute atomic E-state index is 0. The maximum absolute atomic E-state index is 14.1. The Morgan fingerprint density at radius 2 is 2.04 bits per heavy atom. The lowest BCUT2D eigenvalue weighted by Gasteiger charge is -2.19. The summed E-state index contributed by atoms with van der Waals surface area (Å²) >= 11 is 0. The van der Waals surface area contributed by atoms with Gasteiger partial charge in [0.25, 0.3) is 0 Å². The number of hydrogen-bond donors (Lipinski definition) is 2. The van der Waals surface area contributed by atoms with E-state index in [1.165, 1.54) is 18.5 Å². The maximum atomic E-state index is 14.1. The fraction of sp³-hybridized carbons (Fsp3) is 0.444. The van der Waals surface area contributed by atoms with Gasteiger partial charge in [-0.2, -0.15) is 8.78 Å². The molecule has 0 atom stereocenters. The molecule has 0 spiro atoms. The predicted octanol–water partition coefficient (Wildman–Crippen LogP) is 3.82. The van der Waals surface area contributed by atoms with Crippen LogP contribution in [0.2, 0.25) is 0 Å². The van der Waals surface area contributed by atoms with Gasteiger partial charge in [0.1, 0.15) is 18.2 Å². The largest absolute Gasteiger partial charge is 0.357 e. The summed E-state index contributed by atoms with van der Waals surface area (Å²) < 4.78 is 40.6. The number of hydrogen-bond acceptors (Lipinski definition) is 2. The zero-order valence-electron chi connectivity index (χ0n) is 15.0. The van der Waals surface area contributed by atoms with Gasteiger partial charge in [-0.25, -0.2) is 14.4 Å². The highest BCUT2D eigenvalue weighted by Gasteiger charge is 2.45. The van der Waals surface area contributed by atoms with Gasteiger partial charge in [0.05, 0.1) is 0 Å². The molecule has 9 heteroatoms. The maximum Gasteiger partial charge on any atom is 0.319 e. The van der Waals surface area contributed by atoms with Crippen molar-refractivity contribution in [1.82, 2.24) is 20.2 Å². The first kappa shape index (κ1) is 21.5. The first-order valence-electron chi connectivity index (χ1n) is 8.63. The number of alkyl halides is 2. The first-order valence-corrected chi connectivity index (χ1v) is 8.63. The normalized spacial score (nSPS) is 15.4. The molecule has 1 aliphatic rings. The Kier molecular flexibility index (Phi) is 7.51. The van der Waals surface area contributed by atoms with E-state index in [1.54, 1.807) is 6.07 Å². The summed E-state index contributed by atoms with van der Waals surface area (Å²) in [4.78, 5) is 8.25. The van der Waals surface area contributed by atoms with E-state index >= 15 is 0 Å². The Morgan fingerprint density at radius 3 is 2.67 bits per heavy atom. The summed E-state index contributed by atoms with van der Waals surface area (Å²) in [5.74, 6) is 0.485. The summed E-state index contributed by atoms with van der Waals surface area (Å²) in [7, 11) is 0. The molecule has 0 amide bonds. The molecule has 0 saturated heterocycles. The SMILES string of the molecule is CCNC(=NCc1nccn1C(F)F)NCC1(c2ccccc2F)CC1.I. The highest BCUT2D eigenvalue weighted by molar-refractivity contribution is 14.0.